The highest BCUT2D eigenvalue weighted by Crippen LogP contribution is 2.21. The SMILES string of the molecule is CC(NC(=O)O)c1nc2cccc(Cl)c2c(=O)n1N1CCN(C2COC2)CC1. The third-order valence-electron chi connectivity index (χ3n) is 5.29. The largest absolute Gasteiger partial charge is 0.465 e. The molecule has 0 spiro atoms. The third kappa shape index (κ3) is 3.41. The Morgan fingerprint density at radius 2 is 2.04 bits per heavy atom. The monoisotopic (exact) mass is 407 g/mol. The van der Waals surface area contributed by atoms with Crippen LogP contribution in [0.4, 0.5) is 4.79 Å². The lowest BCUT2D eigenvalue weighted by Crippen LogP contribution is -2.60. The molecule has 150 valence electrons. The summed E-state index contributed by atoms with van der Waals surface area (Å²) < 4.78 is 6.76. The minimum Gasteiger partial charge on any atom is -0.465 e. The van der Waals surface area contributed by atoms with Gasteiger partial charge < -0.3 is 20.2 Å². The zero-order valence-electron chi connectivity index (χ0n) is 15.5. The molecule has 28 heavy (non-hydrogen) atoms. The Kier molecular flexibility index (Phi) is 5.13. The summed E-state index contributed by atoms with van der Waals surface area (Å²) in [4.78, 5) is 31.4. The summed E-state index contributed by atoms with van der Waals surface area (Å²) in [5.41, 5.74) is 0.165. The van der Waals surface area contributed by atoms with Gasteiger partial charge in [-0.05, 0) is 19.1 Å². The van der Waals surface area contributed by atoms with E-state index >= 15 is 0 Å². The Morgan fingerprint density at radius 3 is 2.64 bits per heavy atom. The van der Waals surface area contributed by atoms with Crippen LogP contribution in [0.25, 0.3) is 10.9 Å². The normalized spacial score (nSPS) is 19.4. The van der Waals surface area contributed by atoms with E-state index in [9.17, 15) is 9.59 Å². The van der Waals surface area contributed by atoms with E-state index in [1.54, 1.807) is 25.1 Å². The minimum atomic E-state index is -1.17. The Bertz CT molecular complexity index is 953. The lowest BCUT2D eigenvalue weighted by Gasteiger charge is -2.43. The molecule has 2 aromatic rings. The van der Waals surface area contributed by atoms with Gasteiger partial charge in [0.2, 0.25) is 0 Å². The third-order valence-corrected chi connectivity index (χ3v) is 5.60. The fourth-order valence-corrected chi connectivity index (χ4v) is 3.96. The Morgan fingerprint density at radius 1 is 1.32 bits per heavy atom. The molecule has 3 heterocycles. The number of nitrogens with zero attached hydrogens (tertiary/aromatic N) is 4. The summed E-state index contributed by atoms with van der Waals surface area (Å²) in [6.45, 7) is 6.00. The first-order chi connectivity index (χ1) is 13.5. The van der Waals surface area contributed by atoms with Crippen molar-refractivity contribution in [3.63, 3.8) is 0 Å². The maximum atomic E-state index is 13.3. The molecule has 4 rings (SSSR count). The van der Waals surface area contributed by atoms with E-state index in [4.69, 9.17) is 21.4 Å². The first kappa shape index (κ1) is 19.0. The van der Waals surface area contributed by atoms with Crippen molar-refractivity contribution in [2.75, 3.05) is 44.4 Å². The smallest absolute Gasteiger partial charge is 0.405 e. The van der Waals surface area contributed by atoms with Crippen LogP contribution in [0.3, 0.4) is 0 Å². The molecule has 2 saturated heterocycles. The minimum absolute atomic E-state index is 0.287. The van der Waals surface area contributed by atoms with Gasteiger partial charge in [-0.25, -0.2) is 14.5 Å². The van der Waals surface area contributed by atoms with Crippen LogP contribution >= 0.6 is 11.6 Å². The van der Waals surface area contributed by atoms with Gasteiger partial charge in [0.15, 0.2) is 5.82 Å². The van der Waals surface area contributed by atoms with Crippen LogP contribution in [0.5, 0.6) is 0 Å². The van der Waals surface area contributed by atoms with Gasteiger partial charge in [0, 0.05) is 26.2 Å². The van der Waals surface area contributed by atoms with Crippen molar-refractivity contribution in [2.45, 2.75) is 19.0 Å². The zero-order valence-corrected chi connectivity index (χ0v) is 16.2. The van der Waals surface area contributed by atoms with Gasteiger partial charge in [0.25, 0.3) is 5.56 Å². The summed E-state index contributed by atoms with van der Waals surface area (Å²) in [5, 5.41) is 14.1. The maximum Gasteiger partial charge on any atom is 0.405 e. The van der Waals surface area contributed by atoms with E-state index < -0.39 is 12.1 Å². The second-order valence-electron chi connectivity index (χ2n) is 7.07. The highest BCUT2D eigenvalue weighted by atomic mass is 35.5. The second-order valence-corrected chi connectivity index (χ2v) is 7.48. The molecule has 1 atom stereocenters. The number of benzene rings is 1. The van der Waals surface area contributed by atoms with E-state index in [1.165, 1.54) is 4.68 Å². The van der Waals surface area contributed by atoms with Crippen LogP contribution in [0.15, 0.2) is 23.0 Å². The predicted molar refractivity (Wildman–Crippen MR) is 105 cm³/mol. The Hall–Kier alpha value is -2.36. The van der Waals surface area contributed by atoms with Gasteiger partial charge in [-0.1, -0.05) is 17.7 Å². The molecule has 0 aliphatic carbocycles. The van der Waals surface area contributed by atoms with Gasteiger partial charge in [-0.15, -0.1) is 0 Å². The van der Waals surface area contributed by atoms with Crippen molar-refractivity contribution in [2.24, 2.45) is 0 Å². The van der Waals surface area contributed by atoms with Crippen LogP contribution < -0.4 is 15.9 Å². The lowest BCUT2D eigenvalue weighted by atomic mass is 10.2. The van der Waals surface area contributed by atoms with E-state index in [-0.39, 0.29) is 5.56 Å². The fourth-order valence-electron chi connectivity index (χ4n) is 3.71. The maximum absolute atomic E-state index is 13.3. The molecular weight excluding hydrogens is 386 g/mol. The molecule has 1 amide bonds. The van der Waals surface area contributed by atoms with Crippen molar-refractivity contribution in [1.29, 1.82) is 0 Å². The van der Waals surface area contributed by atoms with Crippen molar-refractivity contribution in [3.05, 3.63) is 39.4 Å². The number of hydrogen-bond donors (Lipinski definition) is 2. The number of nitrogens with one attached hydrogen (secondary N) is 1. The van der Waals surface area contributed by atoms with Crippen molar-refractivity contribution < 1.29 is 14.6 Å². The number of piperazine rings is 1. The average Bonchev–Trinajstić information content (AvgIpc) is 2.60. The standard InChI is InChI=1S/C18H22ClN5O4/c1-11(20-18(26)27)16-21-14-4-2-3-13(19)15(14)17(25)24(16)23-7-5-22(6-8-23)12-9-28-10-12/h2-4,11-12,20H,5-10H2,1H3,(H,26,27). The fraction of sp³-hybridized carbons (Fsp3) is 0.500. The van der Waals surface area contributed by atoms with Crippen LogP contribution in [0, 0.1) is 0 Å². The molecular formula is C18H22ClN5O4. The van der Waals surface area contributed by atoms with Crippen molar-refractivity contribution in [1.82, 2.24) is 19.9 Å². The number of hydrogen-bond acceptors (Lipinski definition) is 6. The van der Waals surface area contributed by atoms with E-state index in [1.807, 2.05) is 5.01 Å². The van der Waals surface area contributed by atoms with Gasteiger partial charge >= 0.3 is 6.09 Å². The topological polar surface area (TPSA) is 99.9 Å². The number of fused-ring (bicyclic) bond motifs is 1. The molecule has 9 nitrogen and oxygen atoms in total. The molecule has 2 aliphatic heterocycles. The van der Waals surface area contributed by atoms with Crippen molar-refractivity contribution >= 4 is 28.6 Å². The first-order valence-electron chi connectivity index (χ1n) is 9.23. The average molecular weight is 408 g/mol. The van der Waals surface area contributed by atoms with E-state index in [2.05, 4.69) is 15.2 Å². The quantitative estimate of drug-likeness (QED) is 0.780. The number of ether oxygens (including phenoxy) is 1. The number of amides is 1. The molecule has 0 radical (unpaired) electrons. The molecule has 0 bridgehead atoms. The zero-order chi connectivity index (χ0) is 19.8. The van der Waals surface area contributed by atoms with Crippen LogP contribution in [-0.4, -0.2) is 71.2 Å². The van der Waals surface area contributed by atoms with Crippen molar-refractivity contribution in [3.8, 4) is 0 Å². The summed E-state index contributed by atoms with van der Waals surface area (Å²) >= 11 is 6.28. The molecule has 2 fully saturated rings. The van der Waals surface area contributed by atoms with Crippen LogP contribution in [0.1, 0.15) is 18.8 Å². The summed E-state index contributed by atoms with van der Waals surface area (Å²) in [6.07, 6.45) is -1.17. The first-order valence-corrected chi connectivity index (χ1v) is 9.61. The highest BCUT2D eigenvalue weighted by Gasteiger charge is 2.31. The molecule has 1 aromatic heterocycles. The number of aromatic nitrogens is 2. The molecule has 1 aromatic carbocycles. The molecule has 10 heteroatoms. The predicted octanol–water partition coefficient (Wildman–Crippen LogP) is 1.03. The van der Waals surface area contributed by atoms with Gasteiger partial charge in [-0.2, -0.15) is 0 Å². The molecule has 0 saturated carbocycles. The number of carbonyl (C=O) groups is 1. The van der Waals surface area contributed by atoms with E-state index in [0.29, 0.717) is 40.9 Å². The highest BCUT2D eigenvalue weighted by molar-refractivity contribution is 6.35. The Labute approximate surface area is 166 Å². The van der Waals surface area contributed by atoms with E-state index in [0.717, 1.165) is 26.3 Å². The number of rotatable bonds is 4. The van der Waals surface area contributed by atoms with Gasteiger partial charge in [-0.3, -0.25) is 9.69 Å². The summed E-state index contributed by atoms with van der Waals surface area (Å²) in [7, 11) is 0. The molecule has 1 unspecified atom stereocenters. The number of halogens is 1. The van der Waals surface area contributed by atoms with Gasteiger partial charge in [0.1, 0.15) is 0 Å². The van der Waals surface area contributed by atoms with Crippen LogP contribution in [-0.2, 0) is 4.74 Å². The lowest BCUT2D eigenvalue weighted by molar-refractivity contribution is -0.0672. The summed E-state index contributed by atoms with van der Waals surface area (Å²) in [5.74, 6) is 0.350. The summed E-state index contributed by atoms with van der Waals surface area (Å²) in [6, 6.07) is 4.87. The Balaban J connectivity index is 1.74. The molecule has 2 aliphatic rings. The second kappa shape index (κ2) is 7.57. The molecule has 2 N–H and O–H groups in total. The number of carboxylic acid groups (broad SMARTS) is 1. The van der Waals surface area contributed by atoms with Gasteiger partial charge in [0.05, 0.1) is 41.2 Å². The van der Waals surface area contributed by atoms with Crippen LogP contribution in [0.2, 0.25) is 5.02 Å².